The Hall–Kier alpha value is -3.47. The molecule has 3 aromatic rings. The third kappa shape index (κ3) is 3.59. The van der Waals surface area contributed by atoms with Gasteiger partial charge in [-0.3, -0.25) is 14.5 Å². The first-order valence-electron chi connectivity index (χ1n) is 9.90. The number of aryl methyl sites for hydroxylation is 1. The molecule has 1 atom stereocenters. The molecule has 1 heterocycles. The van der Waals surface area contributed by atoms with Crippen LogP contribution in [0.1, 0.15) is 34.0 Å². The zero-order valence-electron chi connectivity index (χ0n) is 17.0. The largest absolute Gasteiger partial charge is 0.350 e. The van der Waals surface area contributed by atoms with Crippen LogP contribution in [-0.2, 0) is 17.8 Å². The van der Waals surface area contributed by atoms with E-state index in [-0.39, 0.29) is 11.8 Å². The van der Waals surface area contributed by atoms with E-state index < -0.39 is 11.4 Å². The third-order valence-electron chi connectivity index (χ3n) is 5.63. The van der Waals surface area contributed by atoms with E-state index in [9.17, 15) is 14.0 Å². The van der Waals surface area contributed by atoms with Gasteiger partial charge in [-0.2, -0.15) is 0 Å². The summed E-state index contributed by atoms with van der Waals surface area (Å²) in [6.45, 7) is 4.13. The summed E-state index contributed by atoms with van der Waals surface area (Å²) in [7, 11) is 0. The van der Waals surface area contributed by atoms with Crippen molar-refractivity contribution in [3.63, 3.8) is 0 Å². The molecule has 4 nitrogen and oxygen atoms in total. The van der Waals surface area contributed by atoms with Gasteiger partial charge in [0, 0.05) is 24.2 Å². The lowest BCUT2D eigenvalue weighted by Gasteiger charge is -2.44. The molecule has 0 saturated carbocycles. The van der Waals surface area contributed by atoms with E-state index in [1.807, 2.05) is 43.3 Å². The van der Waals surface area contributed by atoms with Crippen LogP contribution in [-0.4, -0.2) is 17.4 Å². The summed E-state index contributed by atoms with van der Waals surface area (Å²) in [5, 5.41) is 2.98. The van der Waals surface area contributed by atoms with Gasteiger partial charge in [-0.15, -0.1) is 0 Å². The number of nitrogens with zero attached hydrogens (tertiary/aromatic N) is 1. The Morgan fingerprint density at radius 3 is 2.40 bits per heavy atom. The number of carbonyl (C=O) groups excluding carboxylic acids is 2. The van der Waals surface area contributed by atoms with Gasteiger partial charge in [0.1, 0.15) is 11.4 Å². The standard InChI is InChI=1S/C25H23FN2O2/c1-17-7-9-18(10-8-17)16-27-24(30)25(2)15-19-5-3-4-6-22(19)23(29)28(25)21-13-11-20(26)12-14-21/h3-14H,15-16H2,1-2H3,(H,27,30)/t25-/m0/s1. The van der Waals surface area contributed by atoms with Crippen LogP contribution in [0.25, 0.3) is 0 Å². The van der Waals surface area contributed by atoms with Crippen LogP contribution in [0.4, 0.5) is 10.1 Å². The molecule has 0 aromatic heterocycles. The molecule has 2 amide bonds. The maximum atomic E-state index is 13.5. The lowest BCUT2D eigenvalue weighted by atomic mass is 9.82. The Labute approximate surface area is 175 Å². The summed E-state index contributed by atoms with van der Waals surface area (Å²) in [6, 6.07) is 20.9. The molecule has 0 fully saturated rings. The average molecular weight is 402 g/mol. The van der Waals surface area contributed by atoms with Gasteiger partial charge in [0.25, 0.3) is 5.91 Å². The van der Waals surface area contributed by atoms with E-state index in [1.165, 1.54) is 29.2 Å². The van der Waals surface area contributed by atoms with Crippen LogP contribution < -0.4 is 10.2 Å². The number of hydrogen-bond acceptors (Lipinski definition) is 2. The second-order valence-corrected chi connectivity index (χ2v) is 7.89. The topological polar surface area (TPSA) is 49.4 Å². The van der Waals surface area contributed by atoms with Crippen molar-refractivity contribution >= 4 is 17.5 Å². The van der Waals surface area contributed by atoms with Crippen molar-refractivity contribution in [2.75, 3.05) is 4.90 Å². The fourth-order valence-electron chi connectivity index (χ4n) is 3.93. The Balaban J connectivity index is 1.69. The average Bonchev–Trinajstić information content (AvgIpc) is 2.74. The molecule has 0 saturated heterocycles. The van der Waals surface area contributed by atoms with Gasteiger partial charge >= 0.3 is 0 Å². The summed E-state index contributed by atoms with van der Waals surface area (Å²) in [4.78, 5) is 28.3. The van der Waals surface area contributed by atoms with Crippen molar-refractivity contribution in [1.82, 2.24) is 5.32 Å². The van der Waals surface area contributed by atoms with Crippen LogP contribution in [0.3, 0.4) is 0 Å². The molecule has 1 aliphatic rings. The van der Waals surface area contributed by atoms with Crippen LogP contribution in [0.15, 0.2) is 72.8 Å². The lowest BCUT2D eigenvalue weighted by Crippen LogP contribution is -2.63. The first-order valence-corrected chi connectivity index (χ1v) is 9.90. The van der Waals surface area contributed by atoms with Crippen LogP contribution >= 0.6 is 0 Å². The predicted molar refractivity (Wildman–Crippen MR) is 115 cm³/mol. The minimum Gasteiger partial charge on any atom is -0.350 e. The van der Waals surface area contributed by atoms with Gasteiger partial charge in [0.15, 0.2) is 0 Å². The summed E-state index contributed by atoms with van der Waals surface area (Å²) in [6.07, 6.45) is 0.367. The van der Waals surface area contributed by atoms with Gasteiger partial charge in [0.2, 0.25) is 5.91 Å². The Morgan fingerprint density at radius 1 is 1.03 bits per heavy atom. The predicted octanol–water partition coefficient (Wildman–Crippen LogP) is 4.41. The fraction of sp³-hybridized carbons (Fsp3) is 0.200. The van der Waals surface area contributed by atoms with E-state index in [4.69, 9.17) is 0 Å². The SMILES string of the molecule is Cc1ccc(CNC(=O)[C@]2(C)Cc3ccccc3C(=O)N2c2ccc(F)cc2)cc1. The maximum absolute atomic E-state index is 13.5. The van der Waals surface area contributed by atoms with Crippen molar-refractivity contribution in [3.05, 3.63) is 101 Å². The molecule has 0 radical (unpaired) electrons. The second-order valence-electron chi connectivity index (χ2n) is 7.89. The van der Waals surface area contributed by atoms with Gasteiger partial charge in [0.05, 0.1) is 0 Å². The maximum Gasteiger partial charge on any atom is 0.259 e. The molecule has 152 valence electrons. The molecule has 1 aliphatic heterocycles. The molecular formula is C25H23FN2O2. The highest BCUT2D eigenvalue weighted by atomic mass is 19.1. The van der Waals surface area contributed by atoms with Crippen LogP contribution in [0.5, 0.6) is 0 Å². The van der Waals surface area contributed by atoms with Crippen molar-refractivity contribution in [1.29, 1.82) is 0 Å². The zero-order chi connectivity index (χ0) is 21.3. The van der Waals surface area contributed by atoms with E-state index in [0.717, 1.165) is 16.7 Å². The van der Waals surface area contributed by atoms with Crippen molar-refractivity contribution in [2.24, 2.45) is 0 Å². The molecule has 0 aliphatic carbocycles. The summed E-state index contributed by atoms with van der Waals surface area (Å²) < 4.78 is 13.5. The quantitative estimate of drug-likeness (QED) is 0.703. The smallest absolute Gasteiger partial charge is 0.259 e. The number of benzene rings is 3. The molecule has 0 unspecified atom stereocenters. The summed E-state index contributed by atoms with van der Waals surface area (Å²) in [5.74, 6) is -0.916. The highest BCUT2D eigenvalue weighted by Gasteiger charge is 2.47. The lowest BCUT2D eigenvalue weighted by molar-refractivity contribution is -0.126. The second kappa shape index (κ2) is 7.75. The van der Waals surface area contributed by atoms with E-state index >= 15 is 0 Å². The van der Waals surface area contributed by atoms with Crippen molar-refractivity contribution in [2.45, 2.75) is 32.4 Å². The fourth-order valence-corrected chi connectivity index (χ4v) is 3.93. The van der Waals surface area contributed by atoms with E-state index in [0.29, 0.717) is 24.2 Å². The van der Waals surface area contributed by atoms with Gasteiger partial charge < -0.3 is 5.32 Å². The number of hydrogen-bond donors (Lipinski definition) is 1. The molecular weight excluding hydrogens is 379 g/mol. The monoisotopic (exact) mass is 402 g/mol. The van der Waals surface area contributed by atoms with E-state index in [1.54, 1.807) is 19.1 Å². The molecule has 4 rings (SSSR count). The molecule has 1 N–H and O–H groups in total. The highest BCUT2D eigenvalue weighted by Crippen LogP contribution is 2.35. The molecule has 5 heteroatoms. The molecule has 30 heavy (non-hydrogen) atoms. The number of fused-ring (bicyclic) bond motifs is 1. The first-order chi connectivity index (χ1) is 14.4. The number of nitrogens with one attached hydrogen (secondary N) is 1. The summed E-state index contributed by atoms with van der Waals surface area (Å²) in [5.41, 5.74) is 2.86. The normalized spacial score (nSPS) is 18.1. The minimum atomic E-state index is -1.14. The number of halogens is 1. The van der Waals surface area contributed by atoms with E-state index in [2.05, 4.69) is 5.32 Å². The zero-order valence-corrected chi connectivity index (χ0v) is 17.0. The number of anilines is 1. The number of amides is 2. The van der Waals surface area contributed by atoms with Gasteiger partial charge in [-0.1, -0.05) is 48.0 Å². The van der Waals surface area contributed by atoms with Gasteiger partial charge in [-0.25, -0.2) is 4.39 Å². The van der Waals surface area contributed by atoms with Crippen molar-refractivity contribution in [3.8, 4) is 0 Å². The molecule has 0 spiro atoms. The highest BCUT2D eigenvalue weighted by molar-refractivity contribution is 6.14. The van der Waals surface area contributed by atoms with Crippen LogP contribution in [0, 0.1) is 12.7 Å². The summed E-state index contributed by atoms with van der Waals surface area (Å²) >= 11 is 0. The first kappa shape index (κ1) is 19.8. The Kier molecular flexibility index (Phi) is 5.12. The number of carbonyl (C=O) groups is 2. The third-order valence-corrected chi connectivity index (χ3v) is 5.63. The minimum absolute atomic E-state index is 0.254. The van der Waals surface area contributed by atoms with Crippen LogP contribution in [0.2, 0.25) is 0 Å². The van der Waals surface area contributed by atoms with Crippen molar-refractivity contribution < 1.29 is 14.0 Å². The molecule has 3 aromatic carbocycles. The molecule has 0 bridgehead atoms. The van der Waals surface area contributed by atoms with Gasteiger partial charge in [-0.05, 0) is 55.3 Å². The Morgan fingerprint density at radius 2 is 1.70 bits per heavy atom. The Bertz CT molecular complexity index is 1090. The number of rotatable bonds is 4.